The molecule has 0 spiro atoms. The zero-order valence-corrected chi connectivity index (χ0v) is 12.5. The van der Waals surface area contributed by atoms with Crippen LogP contribution in [-0.4, -0.2) is 25.7 Å². The second-order valence-corrected chi connectivity index (χ2v) is 5.91. The van der Waals surface area contributed by atoms with E-state index in [9.17, 15) is 0 Å². The van der Waals surface area contributed by atoms with E-state index in [0.717, 1.165) is 19.6 Å². The van der Waals surface area contributed by atoms with E-state index in [4.69, 9.17) is 0 Å². The lowest BCUT2D eigenvalue weighted by atomic mass is 9.93. The molecule has 1 N–H and O–H groups in total. The van der Waals surface area contributed by atoms with E-state index in [0.29, 0.717) is 12.0 Å². The number of rotatable bonds is 3. The molecule has 106 valence electrons. The molecule has 2 nitrogen and oxygen atoms in total. The quantitative estimate of drug-likeness (QED) is 0.914. The minimum atomic E-state index is 0.678. The molecule has 3 rings (SSSR count). The van der Waals surface area contributed by atoms with Gasteiger partial charge in [0.2, 0.25) is 0 Å². The lowest BCUT2D eigenvalue weighted by Crippen LogP contribution is -2.48. The Kier molecular flexibility index (Phi) is 3.93. The van der Waals surface area contributed by atoms with Crippen LogP contribution in [0.5, 0.6) is 0 Å². The normalized spacial score (nSPS) is 23.2. The smallest absolute Gasteiger partial charge is 0.0372 e. The fourth-order valence-electron chi connectivity index (χ4n) is 3.32. The Morgan fingerprint density at radius 3 is 2.70 bits per heavy atom. The van der Waals surface area contributed by atoms with Crippen molar-refractivity contribution in [2.45, 2.75) is 26.3 Å². The van der Waals surface area contributed by atoms with Gasteiger partial charge in [-0.25, -0.2) is 0 Å². The summed E-state index contributed by atoms with van der Waals surface area (Å²) >= 11 is 0. The highest BCUT2D eigenvalue weighted by Gasteiger charge is 2.25. The molecule has 1 heterocycles. The van der Waals surface area contributed by atoms with Crippen LogP contribution in [-0.2, 0) is 0 Å². The average Bonchev–Trinajstić information content (AvgIpc) is 2.49. The molecule has 2 aromatic carbocycles. The summed E-state index contributed by atoms with van der Waals surface area (Å²) in [5.74, 6) is 0.704. The van der Waals surface area contributed by atoms with Gasteiger partial charge in [-0.3, -0.25) is 0 Å². The maximum atomic E-state index is 3.61. The largest absolute Gasteiger partial charge is 0.371 e. The van der Waals surface area contributed by atoms with Crippen molar-refractivity contribution in [3.63, 3.8) is 0 Å². The molecule has 1 aliphatic heterocycles. The number of anilines is 1. The van der Waals surface area contributed by atoms with Crippen LogP contribution < -0.4 is 10.2 Å². The summed E-state index contributed by atoms with van der Waals surface area (Å²) in [7, 11) is 0. The minimum absolute atomic E-state index is 0.678. The lowest BCUT2D eigenvalue weighted by Gasteiger charge is -2.38. The third kappa shape index (κ3) is 2.66. The lowest BCUT2D eigenvalue weighted by molar-refractivity contribution is 0.327. The van der Waals surface area contributed by atoms with Crippen LogP contribution in [0.25, 0.3) is 10.8 Å². The summed E-state index contributed by atoms with van der Waals surface area (Å²) in [6, 6.07) is 16.1. The molecule has 0 aliphatic carbocycles. The fourth-order valence-corrected chi connectivity index (χ4v) is 3.32. The Bertz CT molecular complexity index is 578. The van der Waals surface area contributed by atoms with E-state index in [1.54, 1.807) is 0 Å². The van der Waals surface area contributed by atoms with E-state index in [1.807, 2.05) is 0 Å². The number of hydrogen-bond donors (Lipinski definition) is 1. The van der Waals surface area contributed by atoms with Gasteiger partial charge < -0.3 is 10.2 Å². The van der Waals surface area contributed by atoms with Crippen LogP contribution in [0.4, 0.5) is 5.69 Å². The summed E-state index contributed by atoms with van der Waals surface area (Å²) in [5, 5.41) is 6.27. The molecule has 20 heavy (non-hydrogen) atoms. The topological polar surface area (TPSA) is 15.3 Å². The van der Waals surface area contributed by atoms with E-state index in [-0.39, 0.29) is 0 Å². The zero-order valence-electron chi connectivity index (χ0n) is 12.5. The first kappa shape index (κ1) is 13.4. The Hall–Kier alpha value is -1.54. The van der Waals surface area contributed by atoms with Gasteiger partial charge in [-0.2, -0.15) is 0 Å². The van der Waals surface area contributed by atoms with E-state index < -0.39 is 0 Å². The fraction of sp³-hybridized carbons (Fsp3) is 0.444. The SMILES string of the molecule is CCNC1CCN(c2ccc3ccccc3c2)CC1C. The van der Waals surface area contributed by atoms with Crippen molar-refractivity contribution < 1.29 is 0 Å². The molecular formula is C18H24N2. The van der Waals surface area contributed by atoms with Gasteiger partial charge in [-0.05, 0) is 41.8 Å². The van der Waals surface area contributed by atoms with Gasteiger partial charge in [0.25, 0.3) is 0 Å². The van der Waals surface area contributed by atoms with Gasteiger partial charge in [0, 0.05) is 24.8 Å². The standard InChI is InChI=1S/C18H24N2/c1-3-19-18-10-11-20(13-14(18)2)17-9-8-15-6-4-5-7-16(15)12-17/h4-9,12,14,18-19H,3,10-11,13H2,1-2H3. The number of nitrogens with zero attached hydrogens (tertiary/aromatic N) is 1. The first-order chi connectivity index (χ1) is 9.78. The molecule has 2 atom stereocenters. The van der Waals surface area contributed by atoms with Crippen LogP contribution in [0, 0.1) is 5.92 Å². The minimum Gasteiger partial charge on any atom is -0.371 e. The van der Waals surface area contributed by atoms with Gasteiger partial charge in [-0.1, -0.05) is 44.2 Å². The number of piperidine rings is 1. The highest BCUT2D eigenvalue weighted by Crippen LogP contribution is 2.26. The van der Waals surface area contributed by atoms with Crippen LogP contribution in [0.1, 0.15) is 20.3 Å². The molecular weight excluding hydrogens is 244 g/mol. The summed E-state index contributed by atoms with van der Waals surface area (Å²) in [6.07, 6.45) is 1.24. The Labute approximate surface area is 121 Å². The molecule has 1 aliphatic rings. The predicted molar refractivity (Wildman–Crippen MR) is 87.4 cm³/mol. The van der Waals surface area contributed by atoms with E-state index in [2.05, 4.69) is 66.5 Å². The van der Waals surface area contributed by atoms with Gasteiger partial charge in [-0.15, -0.1) is 0 Å². The van der Waals surface area contributed by atoms with Crippen molar-refractivity contribution in [3.8, 4) is 0 Å². The molecule has 0 saturated carbocycles. The van der Waals surface area contributed by atoms with Gasteiger partial charge >= 0.3 is 0 Å². The number of nitrogens with one attached hydrogen (secondary N) is 1. The van der Waals surface area contributed by atoms with Gasteiger partial charge in [0.05, 0.1) is 0 Å². The summed E-state index contributed by atoms with van der Waals surface area (Å²) < 4.78 is 0. The Balaban J connectivity index is 1.78. The van der Waals surface area contributed by atoms with Crippen LogP contribution in [0.3, 0.4) is 0 Å². The molecule has 0 aromatic heterocycles. The van der Waals surface area contributed by atoms with Crippen LogP contribution in [0.2, 0.25) is 0 Å². The average molecular weight is 268 g/mol. The second-order valence-electron chi connectivity index (χ2n) is 5.91. The van der Waals surface area contributed by atoms with Crippen molar-refractivity contribution >= 4 is 16.5 Å². The highest BCUT2D eigenvalue weighted by molar-refractivity contribution is 5.85. The number of fused-ring (bicyclic) bond motifs is 1. The summed E-state index contributed by atoms with van der Waals surface area (Å²) in [6.45, 7) is 7.93. The Morgan fingerprint density at radius 2 is 1.95 bits per heavy atom. The maximum absolute atomic E-state index is 3.61. The molecule has 1 saturated heterocycles. The first-order valence-electron chi connectivity index (χ1n) is 7.75. The molecule has 2 unspecified atom stereocenters. The third-order valence-electron chi connectivity index (χ3n) is 4.47. The Morgan fingerprint density at radius 1 is 1.15 bits per heavy atom. The second kappa shape index (κ2) is 5.84. The van der Waals surface area contributed by atoms with E-state index in [1.165, 1.54) is 22.9 Å². The highest BCUT2D eigenvalue weighted by atomic mass is 15.2. The van der Waals surface area contributed by atoms with Crippen molar-refractivity contribution in [3.05, 3.63) is 42.5 Å². The molecule has 0 amide bonds. The number of hydrogen-bond acceptors (Lipinski definition) is 2. The molecule has 1 fully saturated rings. The monoisotopic (exact) mass is 268 g/mol. The van der Waals surface area contributed by atoms with Gasteiger partial charge in [0.15, 0.2) is 0 Å². The van der Waals surface area contributed by atoms with Crippen molar-refractivity contribution in [2.75, 3.05) is 24.5 Å². The van der Waals surface area contributed by atoms with Crippen molar-refractivity contribution in [2.24, 2.45) is 5.92 Å². The maximum Gasteiger partial charge on any atom is 0.0372 e. The van der Waals surface area contributed by atoms with Crippen molar-refractivity contribution in [1.29, 1.82) is 0 Å². The van der Waals surface area contributed by atoms with Crippen LogP contribution >= 0.6 is 0 Å². The third-order valence-corrected chi connectivity index (χ3v) is 4.47. The molecule has 2 heteroatoms. The van der Waals surface area contributed by atoms with Gasteiger partial charge in [0.1, 0.15) is 0 Å². The molecule has 2 aromatic rings. The molecule has 0 bridgehead atoms. The summed E-state index contributed by atoms with van der Waals surface area (Å²) in [4.78, 5) is 2.53. The predicted octanol–water partition coefficient (Wildman–Crippen LogP) is 3.66. The van der Waals surface area contributed by atoms with Crippen LogP contribution in [0.15, 0.2) is 42.5 Å². The van der Waals surface area contributed by atoms with Crippen molar-refractivity contribution in [1.82, 2.24) is 5.32 Å². The number of benzene rings is 2. The summed E-state index contributed by atoms with van der Waals surface area (Å²) in [5.41, 5.74) is 1.37. The van der Waals surface area contributed by atoms with E-state index >= 15 is 0 Å². The molecule has 0 radical (unpaired) electrons. The first-order valence-corrected chi connectivity index (χ1v) is 7.75. The zero-order chi connectivity index (χ0) is 13.9.